The van der Waals surface area contributed by atoms with Gasteiger partial charge >= 0.3 is 77.5 Å². The predicted octanol–water partition coefficient (Wildman–Crippen LogP) is -1.22. The summed E-state index contributed by atoms with van der Waals surface area (Å²) in [5, 5.41) is 4.53. The Hall–Kier alpha value is -0.728. The second-order valence-electron chi connectivity index (χ2n) is 2.06. The molecule has 0 amide bonds. The molecule has 0 bridgehead atoms. The molecule has 0 fully saturated rings. The fourth-order valence-corrected chi connectivity index (χ4v) is 1.93. The molecule has 2 rings (SSSR count). The molecule has 1 N–H and O–H groups in total. The first-order chi connectivity index (χ1) is 5.29. The average Bonchev–Trinajstić information content (AvgIpc) is 2.35. The first-order valence-corrected chi connectivity index (χ1v) is 4.96. The van der Waals surface area contributed by atoms with Gasteiger partial charge in [-0.3, -0.25) is 0 Å². The fourth-order valence-electron chi connectivity index (χ4n) is 0.874. The van der Waals surface area contributed by atoms with Gasteiger partial charge in [-0.2, -0.15) is 0 Å². The van der Waals surface area contributed by atoms with E-state index in [2.05, 4.69) is 15.1 Å². The summed E-state index contributed by atoms with van der Waals surface area (Å²) >= 11 is 0.548. The molecule has 0 unspecified atom stereocenters. The summed E-state index contributed by atoms with van der Waals surface area (Å²) in [7, 11) is 0. The number of fused-ring (bicyclic) bond motifs is 1. The second kappa shape index (κ2) is 2.40. The van der Waals surface area contributed by atoms with Crippen LogP contribution >= 0.6 is 0 Å². The van der Waals surface area contributed by atoms with Crippen LogP contribution in [0.4, 0.5) is 0 Å². The zero-order valence-corrected chi connectivity index (χ0v) is 9.97. The first-order valence-electron chi connectivity index (χ1n) is 2.95. The predicted molar refractivity (Wildman–Crippen MR) is 40.7 cm³/mol. The van der Waals surface area contributed by atoms with Crippen LogP contribution in [0, 0.1) is 0 Å². The molecule has 0 aliphatic rings. The Morgan fingerprint density at radius 2 is 2.45 bits per heavy atom. The molecule has 0 saturated carbocycles. The third-order valence-corrected chi connectivity index (χ3v) is 2.87. The van der Waals surface area contributed by atoms with E-state index < -0.39 is 0 Å². The Morgan fingerprint density at radius 1 is 1.64 bits per heavy atom. The quantitative estimate of drug-likeness (QED) is 0.610. The van der Waals surface area contributed by atoms with E-state index in [4.69, 9.17) is 0 Å². The summed E-state index contributed by atoms with van der Waals surface area (Å²) in [5.74, 6) is 0. The maximum atomic E-state index is 11.1. The third kappa shape index (κ3) is 0.988. The fraction of sp³-hybridized carbons (Fsp3) is 0. The van der Waals surface area contributed by atoms with Gasteiger partial charge in [-0.1, -0.05) is 0 Å². The second-order valence-corrected chi connectivity index (χ2v) is 3.96. The van der Waals surface area contributed by atoms with E-state index in [1.54, 1.807) is 8.69 Å². The molecule has 0 aromatic carbocycles. The summed E-state index contributed by atoms with van der Waals surface area (Å²) < 4.78 is 1.73. The van der Waals surface area contributed by atoms with Crippen molar-refractivity contribution in [1.82, 2.24) is 17.6 Å². The van der Waals surface area contributed by atoms with Crippen LogP contribution in [-0.4, -0.2) is 43.6 Å². The van der Waals surface area contributed by atoms with Gasteiger partial charge in [0.1, 0.15) is 0 Å². The number of H-pyrrole nitrogens is 1. The van der Waals surface area contributed by atoms with E-state index in [9.17, 15) is 4.79 Å². The Kier molecular flexibility index (Phi) is 1.51. The summed E-state index contributed by atoms with van der Waals surface area (Å²) in [6, 6.07) is 0. The number of nitrogens with one attached hydrogen (secondary N) is 1. The molecular formula is C5H4N4OPb. The normalized spacial score (nSPS) is 10.6. The van der Waals surface area contributed by atoms with Gasteiger partial charge in [0.15, 0.2) is 0 Å². The van der Waals surface area contributed by atoms with Crippen LogP contribution in [0.2, 0.25) is 0 Å². The SMILES string of the molecule is O=c1[nH]cnc2c1cn[n]2[PbH]. The van der Waals surface area contributed by atoms with Crippen LogP contribution in [0.1, 0.15) is 0 Å². The van der Waals surface area contributed by atoms with Crippen molar-refractivity contribution in [1.29, 1.82) is 0 Å². The molecule has 5 nitrogen and oxygen atoms in total. The van der Waals surface area contributed by atoms with Crippen molar-refractivity contribution in [3.63, 3.8) is 0 Å². The van der Waals surface area contributed by atoms with Crippen molar-refractivity contribution in [2.45, 2.75) is 0 Å². The third-order valence-electron chi connectivity index (χ3n) is 1.40. The van der Waals surface area contributed by atoms with Crippen molar-refractivity contribution in [3.05, 3.63) is 22.9 Å². The topological polar surface area (TPSA) is 63.6 Å². The van der Waals surface area contributed by atoms with E-state index in [-0.39, 0.29) is 5.56 Å². The van der Waals surface area contributed by atoms with Crippen LogP contribution in [0.3, 0.4) is 0 Å². The maximum absolute atomic E-state index is 11.1. The molecule has 2 aromatic heterocycles. The zero-order chi connectivity index (χ0) is 7.84. The Labute approximate surface area is 77.6 Å². The number of hydrogen-bond donors (Lipinski definition) is 1. The van der Waals surface area contributed by atoms with Crippen molar-refractivity contribution in [3.8, 4) is 0 Å². The molecule has 2 radical (unpaired) electrons. The molecule has 2 aromatic rings. The number of nitrogens with zero attached hydrogens (tertiary/aromatic N) is 3. The molecule has 0 aliphatic heterocycles. The van der Waals surface area contributed by atoms with Gasteiger partial charge < -0.3 is 0 Å². The first kappa shape index (κ1) is 6.95. The number of hydrogen-bond acceptors (Lipinski definition) is 3. The van der Waals surface area contributed by atoms with Gasteiger partial charge in [-0.25, -0.2) is 0 Å². The monoisotopic (exact) mass is 344 g/mol. The van der Waals surface area contributed by atoms with Gasteiger partial charge in [-0.05, 0) is 0 Å². The van der Waals surface area contributed by atoms with E-state index in [0.29, 0.717) is 37.1 Å². The van der Waals surface area contributed by atoms with Crippen LogP contribution in [0.5, 0.6) is 0 Å². The van der Waals surface area contributed by atoms with E-state index in [0.717, 1.165) is 0 Å². The zero-order valence-electron chi connectivity index (χ0n) is 5.48. The average molecular weight is 343 g/mol. The Bertz CT molecular complexity index is 445. The Balaban J connectivity index is 3.06. The summed E-state index contributed by atoms with van der Waals surface area (Å²) in [4.78, 5) is 17.5. The standard InChI is InChI=1S/C5H4N4O.Pb.H/c10-5-3-1-8-9-4(3)6-2-7-5;;/h1-2H,(H2,6,7,8,9,10);;/q;+1;/p-1. The van der Waals surface area contributed by atoms with Gasteiger partial charge in [0, 0.05) is 0 Å². The summed E-state index contributed by atoms with van der Waals surface area (Å²) in [6.07, 6.45) is 2.94. The molecule has 0 saturated heterocycles. The van der Waals surface area contributed by atoms with Crippen LogP contribution in [-0.2, 0) is 0 Å². The molecule has 2 heterocycles. The van der Waals surface area contributed by atoms with E-state index >= 15 is 0 Å². The number of rotatable bonds is 0. The molecule has 0 aliphatic carbocycles. The molecular weight excluding hydrogens is 339 g/mol. The van der Waals surface area contributed by atoms with Crippen LogP contribution in [0.15, 0.2) is 17.3 Å². The minimum atomic E-state index is -0.123. The van der Waals surface area contributed by atoms with Crippen LogP contribution in [0.25, 0.3) is 11.0 Å². The van der Waals surface area contributed by atoms with Gasteiger partial charge in [0.2, 0.25) is 0 Å². The Morgan fingerprint density at radius 3 is 3.18 bits per heavy atom. The number of aromatic nitrogens is 4. The molecule has 0 spiro atoms. The van der Waals surface area contributed by atoms with Crippen LogP contribution < -0.4 is 5.56 Å². The van der Waals surface area contributed by atoms with E-state index in [1.807, 2.05) is 0 Å². The van der Waals surface area contributed by atoms with Crippen molar-refractivity contribution >= 4 is 37.1 Å². The van der Waals surface area contributed by atoms with Gasteiger partial charge in [-0.15, -0.1) is 0 Å². The number of aromatic amines is 1. The molecule has 54 valence electrons. The molecule has 6 heteroatoms. The molecule has 11 heavy (non-hydrogen) atoms. The van der Waals surface area contributed by atoms with Crippen molar-refractivity contribution in [2.75, 3.05) is 0 Å². The van der Waals surface area contributed by atoms with Crippen molar-refractivity contribution in [2.24, 2.45) is 0 Å². The van der Waals surface area contributed by atoms with Crippen molar-refractivity contribution < 1.29 is 0 Å². The van der Waals surface area contributed by atoms with Gasteiger partial charge in [0.25, 0.3) is 0 Å². The summed E-state index contributed by atoms with van der Waals surface area (Å²) in [6.45, 7) is 0. The minimum absolute atomic E-state index is 0.123. The van der Waals surface area contributed by atoms with Gasteiger partial charge in [0.05, 0.1) is 0 Å². The molecule has 0 atom stereocenters. The summed E-state index contributed by atoms with van der Waals surface area (Å²) in [5.41, 5.74) is 0.556. The van der Waals surface area contributed by atoms with E-state index in [1.165, 1.54) is 6.33 Å².